The minimum atomic E-state index is 0.573. The summed E-state index contributed by atoms with van der Waals surface area (Å²) < 4.78 is 0. The van der Waals surface area contributed by atoms with Gasteiger partial charge in [-0.1, -0.05) is 34.8 Å². The maximum Gasteiger partial charge on any atom is 0.0621 e. The highest BCUT2D eigenvalue weighted by atomic mass is 35.5. The predicted octanol–water partition coefficient (Wildman–Crippen LogP) is 8.15. The summed E-state index contributed by atoms with van der Waals surface area (Å²) in [5.74, 6) is 0. The van der Waals surface area contributed by atoms with Gasteiger partial charge in [0, 0.05) is 15.4 Å². The minimum Gasteiger partial charge on any atom is -0.140 e. The van der Waals surface area contributed by atoms with Gasteiger partial charge in [-0.05, 0) is 92.9 Å². The van der Waals surface area contributed by atoms with Gasteiger partial charge in [0.1, 0.15) is 0 Å². The van der Waals surface area contributed by atoms with Crippen molar-refractivity contribution < 1.29 is 0 Å². The zero-order chi connectivity index (χ0) is 18.4. The molecule has 0 nitrogen and oxygen atoms in total. The lowest BCUT2D eigenvalue weighted by atomic mass is 9.88. The molecule has 0 fully saturated rings. The van der Waals surface area contributed by atoms with Crippen molar-refractivity contribution in [3.63, 3.8) is 0 Å². The van der Waals surface area contributed by atoms with Gasteiger partial charge >= 0.3 is 0 Å². The fourth-order valence-electron chi connectivity index (χ4n) is 4.37. The standard InChI is InChI=1S/C22H25Cl2PS/c1-12-8-15(9-19(23)21(12)24)20-10-18(13(2)11-25-20)22-17-7-5-4-6-16(17)14(3)26-22/h8-9,20,25H,4-7,10-11H2,1-3H3. The van der Waals surface area contributed by atoms with E-state index < -0.39 is 0 Å². The second-order valence-corrected chi connectivity index (χ2v) is 11.2. The summed E-state index contributed by atoms with van der Waals surface area (Å²) in [7, 11) is 0.932. The molecule has 2 heterocycles. The van der Waals surface area contributed by atoms with Crippen LogP contribution in [0.5, 0.6) is 0 Å². The maximum absolute atomic E-state index is 6.38. The molecular weight excluding hydrogens is 398 g/mol. The largest absolute Gasteiger partial charge is 0.140 e. The van der Waals surface area contributed by atoms with E-state index in [-0.39, 0.29) is 0 Å². The van der Waals surface area contributed by atoms with Gasteiger partial charge in [0.15, 0.2) is 0 Å². The molecule has 138 valence electrons. The van der Waals surface area contributed by atoms with Crippen molar-refractivity contribution >= 4 is 48.7 Å². The van der Waals surface area contributed by atoms with E-state index in [2.05, 4.69) is 32.9 Å². The van der Waals surface area contributed by atoms with Gasteiger partial charge in [-0.2, -0.15) is 0 Å². The fourth-order valence-corrected chi connectivity index (χ4v) is 7.66. The highest BCUT2D eigenvalue weighted by Gasteiger charge is 2.27. The Balaban J connectivity index is 1.70. The molecular formula is C22H25Cl2PS. The molecule has 2 aromatic rings. The summed E-state index contributed by atoms with van der Waals surface area (Å²) in [4.78, 5) is 3.14. The van der Waals surface area contributed by atoms with E-state index in [1.807, 2.05) is 11.3 Å². The summed E-state index contributed by atoms with van der Waals surface area (Å²) >= 11 is 14.7. The molecule has 1 aliphatic carbocycles. The van der Waals surface area contributed by atoms with Crippen LogP contribution in [-0.2, 0) is 12.8 Å². The van der Waals surface area contributed by atoms with Crippen LogP contribution in [0.3, 0.4) is 0 Å². The van der Waals surface area contributed by atoms with Crippen LogP contribution in [0.1, 0.15) is 63.9 Å². The first kappa shape index (κ1) is 19.0. The quantitative estimate of drug-likeness (QED) is 0.428. The zero-order valence-electron chi connectivity index (χ0n) is 15.6. The number of allylic oxidation sites excluding steroid dienone is 2. The molecule has 0 radical (unpaired) electrons. The molecule has 0 amide bonds. The third-order valence-corrected chi connectivity index (χ3v) is 9.78. The highest BCUT2D eigenvalue weighted by molar-refractivity contribution is 7.39. The van der Waals surface area contributed by atoms with Crippen molar-refractivity contribution in [3.8, 4) is 0 Å². The molecule has 26 heavy (non-hydrogen) atoms. The van der Waals surface area contributed by atoms with Gasteiger partial charge in [-0.3, -0.25) is 0 Å². The Kier molecular flexibility index (Phi) is 5.55. The molecule has 4 rings (SSSR count). The van der Waals surface area contributed by atoms with E-state index in [1.54, 1.807) is 32.0 Å². The highest BCUT2D eigenvalue weighted by Crippen LogP contribution is 2.52. The van der Waals surface area contributed by atoms with Gasteiger partial charge in [-0.15, -0.1) is 19.9 Å². The average Bonchev–Trinajstić information content (AvgIpc) is 2.97. The first-order valence-electron chi connectivity index (χ1n) is 9.44. The summed E-state index contributed by atoms with van der Waals surface area (Å²) in [5.41, 5.74) is 9.58. The van der Waals surface area contributed by atoms with Crippen molar-refractivity contribution in [2.75, 3.05) is 6.16 Å². The number of halogens is 2. The number of rotatable bonds is 2. The first-order chi connectivity index (χ1) is 12.5. The van der Waals surface area contributed by atoms with Gasteiger partial charge in [0.2, 0.25) is 0 Å². The Bertz CT molecular complexity index is 871. The first-order valence-corrected chi connectivity index (χ1v) is 12.3. The third-order valence-electron chi connectivity index (χ3n) is 5.87. The number of fused-ring (bicyclic) bond motifs is 1. The Labute approximate surface area is 172 Å². The van der Waals surface area contributed by atoms with Crippen molar-refractivity contribution in [2.45, 2.75) is 58.5 Å². The number of benzene rings is 1. The number of hydrogen-bond acceptors (Lipinski definition) is 1. The lowest BCUT2D eigenvalue weighted by Crippen LogP contribution is -2.07. The van der Waals surface area contributed by atoms with Crippen LogP contribution in [0.4, 0.5) is 0 Å². The van der Waals surface area contributed by atoms with E-state index in [9.17, 15) is 0 Å². The second kappa shape index (κ2) is 7.59. The van der Waals surface area contributed by atoms with Crippen molar-refractivity contribution in [3.05, 3.63) is 59.8 Å². The van der Waals surface area contributed by atoms with Crippen LogP contribution < -0.4 is 0 Å². The average molecular weight is 423 g/mol. The molecule has 1 aliphatic heterocycles. The third kappa shape index (κ3) is 3.42. The zero-order valence-corrected chi connectivity index (χ0v) is 19.0. The summed E-state index contributed by atoms with van der Waals surface area (Å²) in [6.45, 7) is 6.73. The lowest BCUT2D eigenvalue weighted by molar-refractivity contribution is 0.686. The molecule has 0 saturated carbocycles. The molecule has 4 heteroatoms. The Morgan fingerprint density at radius 2 is 1.77 bits per heavy atom. The molecule has 1 aromatic heterocycles. The molecule has 0 N–H and O–H groups in total. The molecule has 0 spiro atoms. The summed E-state index contributed by atoms with van der Waals surface area (Å²) in [6, 6.07) is 4.35. The number of hydrogen-bond donors (Lipinski definition) is 0. The van der Waals surface area contributed by atoms with E-state index in [0.717, 1.165) is 20.6 Å². The molecule has 0 saturated heterocycles. The lowest BCUT2D eigenvalue weighted by Gasteiger charge is -2.28. The monoisotopic (exact) mass is 422 g/mol. The van der Waals surface area contributed by atoms with Crippen LogP contribution in [0.15, 0.2) is 17.7 Å². The van der Waals surface area contributed by atoms with Crippen molar-refractivity contribution in [1.82, 2.24) is 0 Å². The van der Waals surface area contributed by atoms with E-state index in [4.69, 9.17) is 23.2 Å². The second-order valence-electron chi connectivity index (χ2n) is 7.68. The molecule has 2 atom stereocenters. The molecule has 0 bridgehead atoms. The van der Waals surface area contributed by atoms with Crippen LogP contribution in [-0.4, -0.2) is 6.16 Å². The molecule has 2 unspecified atom stereocenters. The van der Waals surface area contributed by atoms with Crippen LogP contribution >= 0.6 is 43.1 Å². The van der Waals surface area contributed by atoms with Gasteiger partial charge in [0.25, 0.3) is 0 Å². The SMILES string of the molecule is CC1=C(c2sc(C)c3c2CCCC3)CC(c2cc(C)c(Cl)c(Cl)c2)PC1. The predicted molar refractivity (Wildman–Crippen MR) is 120 cm³/mol. The topological polar surface area (TPSA) is 0 Å². The Morgan fingerprint density at radius 3 is 2.50 bits per heavy atom. The maximum atomic E-state index is 6.38. The molecule has 2 aliphatic rings. The fraction of sp³-hybridized carbons (Fsp3) is 0.455. The normalized spacial score (nSPS) is 21.3. The number of aryl methyl sites for hydroxylation is 2. The number of thiophene rings is 1. The smallest absolute Gasteiger partial charge is 0.0621 e. The van der Waals surface area contributed by atoms with Gasteiger partial charge in [-0.25, -0.2) is 0 Å². The summed E-state index contributed by atoms with van der Waals surface area (Å²) in [6.07, 6.45) is 7.61. The Hall–Kier alpha value is -0.330. The summed E-state index contributed by atoms with van der Waals surface area (Å²) in [5, 5.41) is 1.40. The molecule has 1 aromatic carbocycles. The van der Waals surface area contributed by atoms with Crippen molar-refractivity contribution in [1.29, 1.82) is 0 Å². The van der Waals surface area contributed by atoms with E-state index >= 15 is 0 Å². The van der Waals surface area contributed by atoms with Crippen molar-refractivity contribution in [2.24, 2.45) is 0 Å². The van der Waals surface area contributed by atoms with E-state index in [0.29, 0.717) is 15.7 Å². The van der Waals surface area contributed by atoms with E-state index in [1.165, 1.54) is 37.4 Å². The van der Waals surface area contributed by atoms with Gasteiger partial charge in [0.05, 0.1) is 10.0 Å². The minimum absolute atomic E-state index is 0.573. The van der Waals surface area contributed by atoms with Crippen LogP contribution in [0, 0.1) is 13.8 Å². The van der Waals surface area contributed by atoms with Gasteiger partial charge < -0.3 is 0 Å². The Morgan fingerprint density at radius 1 is 1.04 bits per heavy atom. The van der Waals surface area contributed by atoms with Crippen LogP contribution in [0.25, 0.3) is 5.57 Å². The van der Waals surface area contributed by atoms with Crippen LogP contribution in [0.2, 0.25) is 10.0 Å².